The van der Waals surface area contributed by atoms with Gasteiger partial charge in [-0.2, -0.15) is 0 Å². The van der Waals surface area contributed by atoms with Gasteiger partial charge in [-0.3, -0.25) is 0 Å². The molecule has 4 aliphatic carbocycles. The highest BCUT2D eigenvalue weighted by atomic mass is 16.5. The fraction of sp³-hybridized carbons (Fsp3) is 0.682. The van der Waals surface area contributed by atoms with Gasteiger partial charge in [-0.1, -0.05) is 24.6 Å². The van der Waals surface area contributed by atoms with Crippen molar-refractivity contribution in [3.63, 3.8) is 0 Å². The summed E-state index contributed by atoms with van der Waals surface area (Å²) < 4.78 is 5.45. The highest BCUT2D eigenvalue weighted by Gasteiger charge is 2.58. The second kappa shape index (κ2) is 4.78. The quantitative estimate of drug-likeness (QED) is 0.621. The first kappa shape index (κ1) is 14.8. The first-order valence-corrected chi connectivity index (χ1v) is 9.67. The maximum Gasteiger partial charge on any atom is 0.162 e. The van der Waals surface area contributed by atoms with E-state index in [1.165, 1.54) is 44.1 Å². The molecular weight excluding hydrogens is 294 g/mol. The molecule has 0 amide bonds. The summed E-state index contributed by atoms with van der Waals surface area (Å²) in [7, 11) is 0. The Morgan fingerprint density at radius 3 is 2.92 bits per heavy atom. The number of nitrogens with zero attached hydrogens (tertiary/aromatic N) is 1. The predicted octanol–water partition coefficient (Wildman–Crippen LogP) is 5.11. The molecule has 0 spiro atoms. The number of allylic oxidation sites excluding steroid dienone is 1. The van der Waals surface area contributed by atoms with Crippen LogP contribution in [0.5, 0.6) is 0 Å². The van der Waals surface area contributed by atoms with Crippen molar-refractivity contribution >= 4 is 6.08 Å². The minimum Gasteiger partial charge on any atom is -0.357 e. The highest BCUT2D eigenvalue weighted by molar-refractivity contribution is 5.57. The second-order valence-electron chi connectivity index (χ2n) is 9.24. The van der Waals surface area contributed by atoms with Crippen molar-refractivity contribution in [2.75, 3.05) is 0 Å². The number of rotatable bonds is 0. The van der Waals surface area contributed by atoms with Crippen molar-refractivity contribution in [3.05, 3.63) is 23.1 Å². The minimum atomic E-state index is 0.303. The number of hydrogen-bond donors (Lipinski definition) is 0. The van der Waals surface area contributed by atoms with Gasteiger partial charge >= 0.3 is 0 Å². The van der Waals surface area contributed by atoms with E-state index in [0.29, 0.717) is 16.7 Å². The zero-order chi connectivity index (χ0) is 16.5. The topological polar surface area (TPSA) is 26.0 Å². The Morgan fingerprint density at radius 1 is 1.21 bits per heavy atom. The van der Waals surface area contributed by atoms with Crippen LogP contribution in [0.4, 0.5) is 0 Å². The van der Waals surface area contributed by atoms with Gasteiger partial charge in [-0.25, -0.2) is 0 Å². The molecule has 1 aromatic heterocycles. The van der Waals surface area contributed by atoms with Crippen LogP contribution in [0.25, 0.3) is 6.08 Å². The Kier molecular flexibility index (Phi) is 2.95. The Bertz CT molecular complexity index is 752. The summed E-state index contributed by atoms with van der Waals surface area (Å²) in [5, 5.41) is 4.04. The summed E-state index contributed by atoms with van der Waals surface area (Å²) in [6, 6.07) is 0. The molecule has 6 unspecified atom stereocenters. The second-order valence-corrected chi connectivity index (χ2v) is 9.24. The molecular formula is C22H27NO. The Balaban J connectivity index is 1.52. The van der Waals surface area contributed by atoms with E-state index in [2.05, 4.69) is 31.0 Å². The summed E-state index contributed by atoms with van der Waals surface area (Å²) in [5.41, 5.74) is 3.62. The van der Waals surface area contributed by atoms with E-state index < -0.39 is 0 Å². The number of hydrogen-bond acceptors (Lipinski definition) is 2. The maximum absolute atomic E-state index is 5.89. The van der Waals surface area contributed by atoms with Gasteiger partial charge in [-0.15, -0.1) is 12.3 Å². The van der Waals surface area contributed by atoms with Crippen molar-refractivity contribution < 1.29 is 4.52 Å². The van der Waals surface area contributed by atoms with Gasteiger partial charge in [0, 0.05) is 11.5 Å². The molecule has 2 heteroatoms. The predicted molar refractivity (Wildman–Crippen MR) is 94.9 cm³/mol. The number of terminal acetylenes is 1. The third-order valence-corrected chi connectivity index (χ3v) is 8.48. The van der Waals surface area contributed by atoms with Gasteiger partial charge in [0.1, 0.15) is 0 Å². The van der Waals surface area contributed by atoms with Crippen LogP contribution in [0.3, 0.4) is 0 Å². The van der Waals surface area contributed by atoms with Crippen LogP contribution in [-0.4, -0.2) is 5.16 Å². The van der Waals surface area contributed by atoms with Crippen LogP contribution in [0.2, 0.25) is 0 Å². The fourth-order valence-electron chi connectivity index (χ4n) is 7.16. The van der Waals surface area contributed by atoms with E-state index in [4.69, 9.17) is 10.9 Å². The van der Waals surface area contributed by atoms with Crippen molar-refractivity contribution in [3.8, 4) is 12.3 Å². The molecule has 0 bridgehead atoms. The Morgan fingerprint density at radius 2 is 2.08 bits per heavy atom. The molecule has 5 rings (SSSR count). The third kappa shape index (κ3) is 1.71. The lowest BCUT2D eigenvalue weighted by Gasteiger charge is -2.57. The molecule has 24 heavy (non-hydrogen) atoms. The summed E-state index contributed by atoms with van der Waals surface area (Å²) in [6.07, 6.45) is 19.1. The molecule has 2 nitrogen and oxygen atoms in total. The monoisotopic (exact) mass is 321 g/mol. The van der Waals surface area contributed by atoms with Crippen molar-refractivity contribution in [1.29, 1.82) is 0 Å². The molecule has 3 fully saturated rings. The van der Waals surface area contributed by atoms with Gasteiger partial charge in [0.05, 0.1) is 6.20 Å². The van der Waals surface area contributed by atoms with E-state index in [1.54, 1.807) is 5.57 Å². The van der Waals surface area contributed by atoms with E-state index in [9.17, 15) is 0 Å². The van der Waals surface area contributed by atoms with Gasteiger partial charge in [-0.05, 0) is 79.6 Å². The lowest BCUT2D eigenvalue weighted by atomic mass is 9.47. The summed E-state index contributed by atoms with van der Waals surface area (Å²) >= 11 is 0. The van der Waals surface area contributed by atoms with Crippen LogP contribution < -0.4 is 0 Å². The number of aromatic nitrogens is 1. The van der Waals surface area contributed by atoms with Crippen LogP contribution in [0.1, 0.15) is 63.7 Å². The van der Waals surface area contributed by atoms with Crippen LogP contribution in [0.15, 0.2) is 16.3 Å². The van der Waals surface area contributed by atoms with Gasteiger partial charge in [0.2, 0.25) is 0 Å². The van der Waals surface area contributed by atoms with E-state index in [1.807, 2.05) is 6.20 Å². The normalized spacial score (nSPS) is 46.1. The molecule has 0 radical (unpaired) electrons. The van der Waals surface area contributed by atoms with E-state index in [-0.39, 0.29) is 0 Å². The Labute approximate surface area is 145 Å². The fourth-order valence-corrected chi connectivity index (χ4v) is 7.16. The average Bonchev–Trinajstić information content (AvgIpc) is 3.14. The van der Waals surface area contributed by atoms with Crippen LogP contribution >= 0.6 is 0 Å². The molecule has 4 aliphatic rings. The van der Waals surface area contributed by atoms with E-state index in [0.717, 1.165) is 29.9 Å². The molecule has 1 aromatic rings. The lowest BCUT2D eigenvalue weighted by molar-refractivity contribution is -0.0391. The zero-order valence-electron chi connectivity index (χ0n) is 14.8. The van der Waals surface area contributed by atoms with Gasteiger partial charge < -0.3 is 4.52 Å². The van der Waals surface area contributed by atoms with Crippen LogP contribution in [-0.2, 0) is 6.42 Å². The highest BCUT2D eigenvalue weighted by Crippen LogP contribution is 2.66. The summed E-state index contributed by atoms with van der Waals surface area (Å²) in [4.78, 5) is 0. The van der Waals surface area contributed by atoms with Crippen molar-refractivity contribution in [1.82, 2.24) is 5.16 Å². The summed E-state index contributed by atoms with van der Waals surface area (Å²) in [6.45, 7) is 5.01. The minimum absolute atomic E-state index is 0.303. The molecule has 0 aromatic carbocycles. The smallest absolute Gasteiger partial charge is 0.162 e. The lowest BCUT2D eigenvalue weighted by Crippen LogP contribution is -2.50. The average molecular weight is 321 g/mol. The first-order chi connectivity index (χ1) is 11.6. The SMILES string of the molecule is C#CC1CCC2C3CCC4=Cc5oncc5CC4(C)C3CCC12C. The van der Waals surface area contributed by atoms with Gasteiger partial charge in [0.25, 0.3) is 0 Å². The molecule has 0 N–H and O–H groups in total. The number of fused-ring (bicyclic) bond motifs is 6. The third-order valence-electron chi connectivity index (χ3n) is 8.48. The summed E-state index contributed by atoms with van der Waals surface area (Å²) in [5.74, 6) is 7.14. The Hall–Kier alpha value is -1.49. The molecule has 1 heterocycles. The first-order valence-electron chi connectivity index (χ1n) is 9.67. The van der Waals surface area contributed by atoms with Crippen molar-refractivity contribution in [2.24, 2.45) is 34.5 Å². The van der Waals surface area contributed by atoms with Crippen molar-refractivity contribution in [2.45, 2.75) is 58.8 Å². The zero-order valence-corrected chi connectivity index (χ0v) is 14.8. The van der Waals surface area contributed by atoms with Crippen LogP contribution in [0, 0.1) is 46.8 Å². The largest absolute Gasteiger partial charge is 0.357 e. The molecule has 126 valence electrons. The standard InChI is InChI=1S/C22H27NO/c1-4-15-6-8-18-17-7-5-16-11-20-14(13-23-24-20)12-22(16,3)19(17)9-10-21(15,18)2/h1,11,13,15,17-19H,5-10,12H2,2-3H3. The molecule has 6 atom stereocenters. The molecule has 0 saturated heterocycles. The maximum atomic E-state index is 5.89. The van der Waals surface area contributed by atoms with Gasteiger partial charge in [0.15, 0.2) is 5.76 Å². The molecule has 0 aliphatic heterocycles. The molecule has 3 saturated carbocycles. The van der Waals surface area contributed by atoms with E-state index >= 15 is 0 Å².